The second-order valence-electron chi connectivity index (χ2n) is 7.90. The maximum Gasteiger partial charge on any atom is 0.330 e. The average molecular weight is 578 g/mol. The number of carbonyl (C=O) groups excluding carboxylic acids is 4. The number of anilines is 1. The number of halogens is 4. The van der Waals surface area contributed by atoms with Crippen LogP contribution in [0.25, 0.3) is 0 Å². The fourth-order valence-electron chi connectivity index (χ4n) is 3.61. The monoisotopic (exact) mass is 576 g/mol. The summed E-state index contributed by atoms with van der Waals surface area (Å²) < 4.78 is 15.5. The summed E-state index contributed by atoms with van der Waals surface area (Å²) in [6.45, 7) is 2.49. The van der Waals surface area contributed by atoms with E-state index in [4.69, 9.17) is 60.6 Å². The van der Waals surface area contributed by atoms with E-state index in [0.29, 0.717) is 16.4 Å². The van der Waals surface area contributed by atoms with Gasteiger partial charge in [0.15, 0.2) is 6.61 Å². The van der Waals surface area contributed by atoms with E-state index in [0.717, 1.165) is 0 Å². The molecule has 0 aromatic heterocycles. The third-order valence-electron chi connectivity index (χ3n) is 5.31. The number of nitrogens with zero attached hydrogens (tertiary/aromatic N) is 1. The van der Waals surface area contributed by atoms with Crippen molar-refractivity contribution in [3.63, 3.8) is 0 Å². The van der Waals surface area contributed by atoms with Crippen molar-refractivity contribution >= 4 is 75.8 Å². The van der Waals surface area contributed by atoms with E-state index in [1.165, 1.54) is 20.3 Å². The maximum atomic E-state index is 13.2. The number of fused-ring (bicyclic) bond motifs is 1. The highest BCUT2D eigenvalue weighted by Crippen LogP contribution is 2.45. The van der Waals surface area contributed by atoms with Crippen molar-refractivity contribution in [3.8, 4) is 11.5 Å². The highest BCUT2D eigenvalue weighted by Gasteiger charge is 2.48. The predicted molar refractivity (Wildman–Crippen MR) is 135 cm³/mol. The molecule has 0 spiro atoms. The van der Waals surface area contributed by atoms with Gasteiger partial charge in [-0.2, -0.15) is 0 Å². The van der Waals surface area contributed by atoms with Crippen molar-refractivity contribution in [2.75, 3.05) is 26.1 Å². The van der Waals surface area contributed by atoms with Crippen LogP contribution >= 0.6 is 46.4 Å². The average Bonchev–Trinajstić information content (AvgIpc) is 3.10. The molecule has 1 heterocycles. The van der Waals surface area contributed by atoms with Gasteiger partial charge in [-0.15, -0.1) is 0 Å². The van der Waals surface area contributed by atoms with Crippen LogP contribution in [-0.2, 0) is 14.3 Å². The predicted octanol–water partition coefficient (Wildman–Crippen LogP) is 5.12. The van der Waals surface area contributed by atoms with Crippen molar-refractivity contribution in [3.05, 3.63) is 49.4 Å². The Morgan fingerprint density at radius 1 is 0.917 bits per heavy atom. The number of esters is 1. The molecule has 1 N–H and O–H groups in total. The Kier molecular flexibility index (Phi) is 8.61. The van der Waals surface area contributed by atoms with Gasteiger partial charge in [0, 0.05) is 6.07 Å². The van der Waals surface area contributed by atoms with Gasteiger partial charge in [0.05, 0.1) is 51.1 Å². The Morgan fingerprint density at radius 2 is 1.47 bits per heavy atom. The molecule has 1 atom stereocenters. The zero-order valence-corrected chi connectivity index (χ0v) is 22.4. The molecule has 9 nitrogen and oxygen atoms in total. The first kappa shape index (κ1) is 27.9. The number of hydrogen-bond donors (Lipinski definition) is 1. The van der Waals surface area contributed by atoms with Gasteiger partial charge in [0.25, 0.3) is 17.7 Å². The maximum absolute atomic E-state index is 13.2. The minimum absolute atomic E-state index is 0.196. The Morgan fingerprint density at radius 3 is 1.94 bits per heavy atom. The Labute approximate surface area is 226 Å². The molecule has 0 aliphatic carbocycles. The minimum Gasteiger partial charge on any atom is -0.497 e. The molecule has 0 bridgehead atoms. The van der Waals surface area contributed by atoms with Crippen molar-refractivity contribution < 1.29 is 33.4 Å². The van der Waals surface area contributed by atoms with Crippen molar-refractivity contribution in [2.24, 2.45) is 5.92 Å². The molecule has 192 valence electrons. The fourth-order valence-corrected chi connectivity index (χ4v) is 4.63. The van der Waals surface area contributed by atoms with Crippen molar-refractivity contribution in [1.29, 1.82) is 0 Å². The van der Waals surface area contributed by atoms with E-state index < -0.39 is 42.3 Å². The van der Waals surface area contributed by atoms with Crippen LogP contribution in [0.4, 0.5) is 5.69 Å². The quantitative estimate of drug-likeness (QED) is 0.200. The van der Waals surface area contributed by atoms with Gasteiger partial charge in [0.2, 0.25) is 0 Å². The number of rotatable bonds is 8. The summed E-state index contributed by atoms with van der Waals surface area (Å²) in [5, 5.41) is 1.64. The zero-order chi connectivity index (χ0) is 26.9. The SMILES string of the molecule is COc1ccc(OC)c(NC(=O)COC(=O)[C@@H](C(C)C)N2C(=O)c3c(Cl)c(Cl)c(Cl)c(Cl)c3C2=O)c1. The normalized spacial score (nSPS) is 13.5. The summed E-state index contributed by atoms with van der Waals surface area (Å²) in [7, 11) is 2.88. The first-order valence-corrected chi connectivity index (χ1v) is 11.9. The van der Waals surface area contributed by atoms with Gasteiger partial charge in [-0.25, -0.2) is 4.79 Å². The topological polar surface area (TPSA) is 111 Å². The lowest BCUT2D eigenvalue weighted by Gasteiger charge is -2.27. The second kappa shape index (κ2) is 11.1. The molecule has 3 amide bonds. The van der Waals surface area contributed by atoms with Crippen LogP contribution in [0.2, 0.25) is 20.1 Å². The largest absolute Gasteiger partial charge is 0.497 e. The summed E-state index contributed by atoms with van der Waals surface area (Å²) >= 11 is 24.4. The van der Waals surface area contributed by atoms with Crippen LogP contribution in [0, 0.1) is 5.92 Å². The lowest BCUT2D eigenvalue weighted by Crippen LogP contribution is -2.49. The Hall–Kier alpha value is -2.72. The van der Waals surface area contributed by atoms with Crippen molar-refractivity contribution in [1.82, 2.24) is 4.90 Å². The first-order chi connectivity index (χ1) is 16.9. The van der Waals surface area contributed by atoms with E-state index in [1.54, 1.807) is 26.0 Å². The van der Waals surface area contributed by atoms with Gasteiger partial charge < -0.3 is 19.5 Å². The molecule has 1 aliphatic rings. The number of ether oxygens (including phenoxy) is 3. The third-order valence-corrected chi connectivity index (χ3v) is 7.11. The van der Waals surface area contributed by atoms with Crippen LogP contribution in [0.15, 0.2) is 18.2 Å². The molecule has 0 unspecified atom stereocenters. The van der Waals surface area contributed by atoms with Gasteiger partial charge in [-0.05, 0) is 18.1 Å². The molecule has 0 saturated heterocycles. The van der Waals surface area contributed by atoms with E-state index in [9.17, 15) is 19.2 Å². The molecule has 1 aliphatic heterocycles. The summed E-state index contributed by atoms with van der Waals surface area (Å²) in [5.74, 6) is -3.23. The van der Waals surface area contributed by atoms with E-state index >= 15 is 0 Å². The standard InChI is InChI=1S/C23H20Cl4N2O7/c1-9(2)20(29-21(31)14-15(22(29)32)17(25)19(27)18(26)16(14)24)23(33)36-8-13(30)28-11-7-10(34-3)5-6-12(11)35-4/h5-7,9,20H,8H2,1-4H3,(H,28,30)/t20-/m1/s1. The number of imide groups is 1. The molecule has 2 aromatic rings. The Balaban J connectivity index is 1.80. The van der Waals surface area contributed by atoms with Crippen molar-refractivity contribution in [2.45, 2.75) is 19.9 Å². The lowest BCUT2D eigenvalue weighted by atomic mass is 10.0. The van der Waals surface area contributed by atoms with Crippen LogP contribution in [0.5, 0.6) is 11.5 Å². The highest BCUT2D eigenvalue weighted by atomic mass is 35.5. The summed E-state index contributed by atoms with van der Waals surface area (Å²) in [4.78, 5) is 52.4. The number of methoxy groups -OCH3 is 2. The van der Waals surface area contributed by atoms with E-state index in [1.807, 2.05) is 0 Å². The minimum atomic E-state index is -1.39. The van der Waals surface area contributed by atoms with Gasteiger partial charge in [0.1, 0.15) is 17.5 Å². The lowest BCUT2D eigenvalue weighted by molar-refractivity contribution is -0.152. The molecule has 3 rings (SSSR count). The van der Waals surface area contributed by atoms with Crippen LogP contribution < -0.4 is 14.8 Å². The third kappa shape index (κ3) is 5.06. The van der Waals surface area contributed by atoms with E-state index in [2.05, 4.69) is 5.32 Å². The number of nitrogens with one attached hydrogen (secondary N) is 1. The summed E-state index contributed by atoms with van der Waals surface area (Å²) in [6.07, 6.45) is 0. The first-order valence-electron chi connectivity index (χ1n) is 10.4. The van der Waals surface area contributed by atoms with Crippen LogP contribution in [0.3, 0.4) is 0 Å². The smallest absolute Gasteiger partial charge is 0.330 e. The molecule has 0 saturated carbocycles. The molecule has 0 radical (unpaired) electrons. The molecule has 2 aromatic carbocycles. The van der Waals surface area contributed by atoms with E-state index in [-0.39, 0.29) is 36.9 Å². The van der Waals surface area contributed by atoms with Crippen LogP contribution in [-0.4, -0.2) is 55.5 Å². The number of hydrogen-bond acceptors (Lipinski definition) is 7. The molecular formula is C23H20Cl4N2O7. The zero-order valence-electron chi connectivity index (χ0n) is 19.4. The number of benzene rings is 2. The van der Waals surface area contributed by atoms with Gasteiger partial charge in [-0.1, -0.05) is 60.3 Å². The van der Waals surface area contributed by atoms with Crippen LogP contribution in [0.1, 0.15) is 34.6 Å². The highest BCUT2D eigenvalue weighted by molar-refractivity contribution is 6.55. The fraction of sp³-hybridized carbons (Fsp3) is 0.304. The molecule has 13 heteroatoms. The summed E-state index contributed by atoms with van der Waals surface area (Å²) in [5.41, 5.74) is -0.235. The number of carbonyl (C=O) groups is 4. The molecule has 36 heavy (non-hydrogen) atoms. The van der Waals surface area contributed by atoms with Gasteiger partial charge in [-0.3, -0.25) is 19.3 Å². The molecule has 0 fully saturated rings. The summed E-state index contributed by atoms with van der Waals surface area (Å²) in [6, 6.07) is 3.37. The van der Waals surface area contributed by atoms with Gasteiger partial charge >= 0.3 is 5.97 Å². The Bertz CT molecular complexity index is 1220. The number of amides is 3. The molecular weight excluding hydrogens is 558 g/mol. The second-order valence-corrected chi connectivity index (χ2v) is 9.41.